The van der Waals surface area contributed by atoms with Gasteiger partial charge in [0.15, 0.2) is 29.0 Å². The third-order valence-electron chi connectivity index (χ3n) is 7.99. The molecule has 0 fully saturated rings. The Morgan fingerprint density at radius 3 is 2.35 bits per heavy atom. The number of amidine groups is 2. The Labute approximate surface area is 251 Å². The van der Waals surface area contributed by atoms with Crippen molar-refractivity contribution >= 4 is 34.6 Å². The molecule has 7 rings (SSSR count). The van der Waals surface area contributed by atoms with E-state index < -0.39 is 0 Å². The minimum absolute atomic E-state index is 0.271. The van der Waals surface area contributed by atoms with Crippen LogP contribution in [0.5, 0.6) is 11.5 Å². The molecule has 0 saturated carbocycles. The Morgan fingerprint density at radius 1 is 0.814 bits per heavy atom. The topological polar surface area (TPSA) is 76.3 Å². The van der Waals surface area contributed by atoms with Crippen molar-refractivity contribution in [2.24, 2.45) is 9.98 Å². The predicted molar refractivity (Wildman–Crippen MR) is 172 cm³/mol. The number of nitrogens with one attached hydrogen (secondary N) is 1. The number of rotatable bonds is 5. The first kappa shape index (κ1) is 26.5. The van der Waals surface area contributed by atoms with Gasteiger partial charge in [-0.2, -0.15) is 5.10 Å². The van der Waals surface area contributed by atoms with E-state index in [-0.39, 0.29) is 6.04 Å². The molecule has 0 saturated heterocycles. The lowest BCUT2D eigenvalue weighted by atomic mass is 9.92. The maximum Gasteiger partial charge on any atom is 0.179 e. The van der Waals surface area contributed by atoms with Gasteiger partial charge in [-0.3, -0.25) is 0 Å². The first-order valence-electron chi connectivity index (χ1n) is 14.2. The normalized spacial score (nSPS) is 16.1. The fourth-order valence-electron chi connectivity index (χ4n) is 5.97. The first-order valence-corrected chi connectivity index (χ1v) is 14.2. The molecule has 8 heteroatoms. The average molecular weight is 569 g/mol. The predicted octanol–water partition coefficient (Wildman–Crippen LogP) is 7.61. The quantitative estimate of drug-likeness (QED) is 0.236. The summed E-state index contributed by atoms with van der Waals surface area (Å²) in [5.41, 5.74) is 8.99. The van der Waals surface area contributed by atoms with Gasteiger partial charge < -0.3 is 19.7 Å². The highest BCUT2D eigenvalue weighted by molar-refractivity contribution is 6.52. The molecule has 0 spiro atoms. The van der Waals surface area contributed by atoms with Gasteiger partial charge in [-0.25, -0.2) is 14.7 Å². The van der Waals surface area contributed by atoms with Crippen molar-refractivity contribution < 1.29 is 9.47 Å². The van der Waals surface area contributed by atoms with Gasteiger partial charge in [0.05, 0.1) is 48.7 Å². The number of aryl methyl sites for hydroxylation is 3. The largest absolute Gasteiger partial charge is 0.493 e. The molecule has 1 atom stereocenters. The highest BCUT2D eigenvalue weighted by Crippen LogP contribution is 2.48. The molecular formula is C35H32N6O2. The maximum absolute atomic E-state index is 5.76. The molecule has 0 aliphatic carbocycles. The second-order valence-corrected chi connectivity index (χ2v) is 10.8. The van der Waals surface area contributed by atoms with E-state index in [4.69, 9.17) is 24.6 Å². The standard InChI is InChI=1S/C35H32N6O2/c1-21-15-17-26(22(2)19-21)36-33-35-38-34-31(23(3)39-41(34)25-11-7-6-8-12-25)32(24-16-18-29(42-4)30(20-24)43-5)40(35)28-14-10-9-13-27(28)37-33/h6-20,32H,1-5H3,(H,36,37). The van der Waals surface area contributed by atoms with Gasteiger partial charge in [0, 0.05) is 5.56 Å². The van der Waals surface area contributed by atoms with Crippen LogP contribution in [0, 0.1) is 20.8 Å². The molecule has 43 heavy (non-hydrogen) atoms. The van der Waals surface area contributed by atoms with Gasteiger partial charge in [0.2, 0.25) is 0 Å². The zero-order valence-corrected chi connectivity index (χ0v) is 24.8. The van der Waals surface area contributed by atoms with Crippen molar-refractivity contribution in [3.8, 4) is 17.2 Å². The zero-order chi connectivity index (χ0) is 29.7. The monoisotopic (exact) mass is 568 g/mol. The Hall–Kier alpha value is -5.37. The summed E-state index contributed by atoms with van der Waals surface area (Å²) in [6, 6.07) is 30.5. The summed E-state index contributed by atoms with van der Waals surface area (Å²) < 4.78 is 13.3. The van der Waals surface area contributed by atoms with Crippen molar-refractivity contribution in [3.63, 3.8) is 0 Å². The van der Waals surface area contributed by atoms with Gasteiger partial charge in [-0.15, -0.1) is 0 Å². The van der Waals surface area contributed by atoms with E-state index in [1.807, 2.05) is 66.2 Å². The van der Waals surface area contributed by atoms with E-state index in [1.165, 1.54) is 5.56 Å². The molecule has 2 aliphatic rings. The third-order valence-corrected chi connectivity index (χ3v) is 7.99. The SMILES string of the molecule is COc1ccc(C2c3c(C)nn(-c4ccccc4)c3N=C3C(=Nc4ccc(C)cc4C)Nc4ccccc4N32)cc1OC. The fourth-order valence-corrected chi connectivity index (χ4v) is 5.97. The van der Waals surface area contributed by atoms with Crippen LogP contribution in [-0.4, -0.2) is 35.7 Å². The molecule has 3 heterocycles. The summed E-state index contributed by atoms with van der Waals surface area (Å²) in [4.78, 5) is 12.8. The average Bonchev–Trinajstić information content (AvgIpc) is 3.37. The van der Waals surface area contributed by atoms with E-state index in [1.54, 1.807) is 14.2 Å². The molecule has 0 radical (unpaired) electrons. The van der Waals surface area contributed by atoms with Crippen molar-refractivity contribution in [2.75, 3.05) is 24.4 Å². The number of hydrogen-bond donors (Lipinski definition) is 1. The number of nitrogens with zero attached hydrogens (tertiary/aromatic N) is 5. The smallest absolute Gasteiger partial charge is 0.179 e. The summed E-state index contributed by atoms with van der Waals surface area (Å²) in [5, 5.41) is 8.63. The second-order valence-electron chi connectivity index (χ2n) is 10.8. The number of para-hydroxylation sites is 3. The molecule has 8 nitrogen and oxygen atoms in total. The highest BCUT2D eigenvalue weighted by Gasteiger charge is 2.42. The summed E-state index contributed by atoms with van der Waals surface area (Å²) in [6.45, 7) is 6.22. The lowest BCUT2D eigenvalue weighted by Gasteiger charge is -2.42. The van der Waals surface area contributed by atoms with Crippen LogP contribution in [0.2, 0.25) is 0 Å². The van der Waals surface area contributed by atoms with Crippen molar-refractivity contribution in [2.45, 2.75) is 26.8 Å². The third kappa shape index (κ3) is 4.43. The number of methoxy groups -OCH3 is 2. The number of anilines is 2. The van der Waals surface area contributed by atoms with Crippen LogP contribution in [0.1, 0.15) is 34.0 Å². The van der Waals surface area contributed by atoms with E-state index in [0.717, 1.165) is 51.0 Å². The lowest BCUT2D eigenvalue weighted by Crippen LogP contribution is -2.48. The van der Waals surface area contributed by atoms with Crippen LogP contribution in [0.15, 0.2) is 101 Å². The number of hydrogen-bond acceptors (Lipinski definition) is 6. The first-order chi connectivity index (χ1) is 21.0. The lowest BCUT2D eigenvalue weighted by molar-refractivity contribution is 0.354. The molecule has 1 unspecified atom stereocenters. The molecule has 5 aromatic rings. The fraction of sp³-hybridized carbons (Fsp3) is 0.171. The maximum atomic E-state index is 5.76. The second kappa shape index (κ2) is 10.5. The van der Waals surface area contributed by atoms with Gasteiger partial charge in [-0.1, -0.05) is 54.1 Å². The Morgan fingerprint density at radius 2 is 1.58 bits per heavy atom. The Balaban J connectivity index is 1.53. The minimum Gasteiger partial charge on any atom is -0.493 e. The van der Waals surface area contributed by atoms with E-state index >= 15 is 0 Å². The number of aromatic nitrogens is 2. The van der Waals surface area contributed by atoms with Crippen LogP contribution in [0.3, 0.4) is 0 Å². The Kier molecular flexibility index (Phi) is 6.46. The van der Waals surface area contributed by atoms with Gasteiger partial charge in [0.1, 0.15) is 0 Å². The summed E-state index contributed by atoms with van der Waals surface area (Å²) in [5.74, 6) is 3.48. The number of benzene rings is 4. The molecule has 1 aromatic heterocycles. The van der Waals surface area contributed by atoms with Crippen molar-refractivity contribution in [3.05, 3.63) is 119 Å². The highest BCUT2D eigenvalue weighted by atomic mass is 16.5. The van der Waals surface area contributed by atoms with Crippen molar-refractivity contribution in [1.82, 2.24) is 9.78 Å². The number of ether oxygens (including phenoxy) is 2. The van der Waals surface area contributed by atoms with E-state index in [0.29, 0.717) is 23.2 Å². The van der Waals surface area contributed by atoms with Crippen LogP contribution in [0.25, 0.3) is 5.69 Å². The van der Waals surface area contributed by atoms with Crippen LogP contribution in [0.4, 0.5) is 22.9 Å². The van der Waals surface area contributed by atoms with E-state index in [9.17, 15) is 0 Å². The van der Waals surface area contributed by atoms with Crippen LogP contribution < -0.4 is 19.7 Å². The van der Waals surface area contributed by atoms with Crippen LogP contribution >= 0.6 is 0 Å². The summed E-state index contributed by atoms with van der Waals surface area (Å²) in [6.07, 6.45) is 0. The summed E-state index contributed by atoms with van der Waals surface area (Å²) in [7, 11) is 3.31. The minimum atomic E-state index is -0.271. The molecule has 214 valence electrons. The van der Waals surface area contributed by atoms with Gasteiger partial charge in [-0.05, 0) is 74.4 Å². The molecule has 4 aromatic carbocycles. The molecular weight excluding hydrogens is 536 g/mol. The van der Waals surface area contributed by atoms with Crippen molar-refractivity contribution in [1.29, 1.82) is 0 Å². The number of aliphatic imine (C=N–C) groups is 2. The zero-order valence-electron chi connectivity index (χ0n) is 24.8. The van der Waals surface area contributed by atoms with Gasteiger partial charge in [0.25, 0.3) is 0 Å². The van der Waals surface area contributed by atoms with Crippen LogP contribution in [-0.2, 0) is 0 Å². The molecule has 0 amide bonds. The van der Waals surface area contributed by atoms with E-state index in [2.05, 4.69) is 60.5 Å². The van der Waals surface area contributed by atoms with Gasteiger partial charge >= 0.3 is 0 Å². The molecule has 0 bridgehead atoms. The Bertz CT molecular complexity index is 1920. The molecule has 1 N–H and O–H groups in total. The molecule has 2 aliphatic heterocycles. The summed E-state index contributed by atoms with van der Waals surface area (Å²) >= 11 is 0. The number of fused-ring (bicyclic) bond motifs is 4.